The summed E-state index contributed by atoms with van der Waals surface area (Å²) in [7, 11) is 1.61. The standard InChI is InChI=1S/C24H28N2O5/c1-30-19-12-9-18(10-13-19)11-14-22(27)25-21-8-4-3-7-20(21)24(29)31-17-23(28)26-15-5-2-6-16-26/h3-4,7-10,12-13H,2,5-6,11,14-17H2,1H3,(H,25,27). The Morgan fingerprint density at radius 2 is 1.68 bits per heavy atom. The van der Waals surface area contributed by atoms with Gasteiger partial charge in [-0.1, -0.05) is 24.3 Å². The molecule has 0 radical (unpaired) electrons. The van der Waals surface area contributed by atoms with Crippen molar-refractivity contribution in [1.82, 2.24) is 4.90 Å². The second kappa shape index (κ2) is 11.2. The number of hydrogen-bond donors (Lipinski definition) is 1. The van der Waals surface area contributed by atoms with Crippen molar-refractivity contribution in [3.05, 3.63) is 59.7 Å². The maximum Gasteiger partial charge on any atom is 0.340 e. The van der Waals surface area contributed by atoms with E-state index in [1.807, 2.05) is 24.3 Å². The number of nitrogens with one attached hydrogen (secondary N) is 1. The van der Waals surface area contributed by atoms with E-state index in [1.165, 1.54) is 0 Å². The molecule has 0 aliphatic carbocycles. The summed E-state index contributed by atoms with van der Waals surface area (Å²) in [5.41, 5.74) is 1.62. The number of aryl methyl sites for hydroxylation is 1. The topological polar surface area (TPSA) is 84.9 Å². The minimum Gasteiger partial charge on any atom is -0.497 e. The first-order chi connectivity index (χ1) is 15.1. The number of amides is 2. The van der Waals surface area contributed by atoms with Gasteiger partial charge in [-0.15, -0.1) is 0 Å². The highest BCUT2D eigenvalue weighted by Crippen LogP contribution is 2.18. The minimum atomic E-state index is -0.628. The molecule has 1 aliphatic rings. The Labute approximate surface area is 182 Å². The van der Waals surface area contributed by atoms with Crippen LogP contribution in [0.3, 0.4) is 0 Å². The van der Waals surface area contributed by atoms with Gasteiger partial charge in [-0.05, 0) is 55.5 Å². The third kappa shape index (κ3) is 6.57. The molecule has 7 heteroatoms. The quantitative estimate of drug-likeness (QED) is 0.656. The number of methoxy groups -OCH3 is 1. The molecule has 0 aromatic heterocycles. The smallest absolute Gasteiger partial charge is 0.340 e. The predicted molar refractivity (Wildman–Crippen MR) is 117 cm³/mol. The first-order valence-corrected chi connectivity index (χ1v) is 10.5. The minimum absolute atomic E-state index is 0.186. The fraction of sp³-hybridized carbons (Fsp3) is 0.375. The molecule has 2 amide bonds. The van der Waals surface area contributed by atoms with Gasteiger partial charge in [-0.2, -0.15) is 0 Å². The van der Waals surface area contributed by atoms with Crippen molar-refractivity contribution in [2.24, 2.45) is 0 Å². The normalized spacial score (nSPS) is 13.4. The monoisotopic (exact) mass is 424 g/mol. The molecular weight excluding hydrogens is 396 g/mol. The lowest BCUT2D eigenvalue weighted by Crippen LogP contribution is -2.38. The molecule has 0 unspecified atom stereocenters. The molecule has 1 heterocycles. The number of carbonyl (C=O) groups is 3. The summed E-state index contributed by atoms with van der Waals surface area (Å²) < 4.78 is 10.4. The Kier molecular flexibility index (Phi) is 8.04. The molecule has 1 fully saturated rings. The third-order valence-electron chi connectivity index (χ3n) is 5.26. The summed E-state index contributed by atoms with van der Waals surface area (Å²) in [4.78, 5) is 38.9. The molecule has 0 atom stereocenters. The molecule has 31 heavy (non-hydrogen) atoms. The summed E-state index contributed by atoms with van der Waals surface area (Å²) in [5, 5.41) is 2.78. The second-order valence-corrected chi connectivity index (χ2v) is 7.46. The van der Waals surface area contributed by atoms with Crippen LogP contribution in [0.2, 0.25) is 0 Å². The van der Waals surface area contributed by atoms with Crippen LogP contribution in [0.5, 0.6) is 5.75 Å². The molecule has 3 rings (SSSR count). The second-order valence-electron chi connectivity index (χ2n) is 7.46. The van der Waals surface area contributed by atoms with Crippen LogP contribution in [0.4, 0.5) is 5.69 Å². The number of likely N-dealkylation sites (tertiary alicyclic amines) is 1. The zero-order valence-electron chi connectivity index (χ0n) is 17.8. The molecular formula is C24H28N2O5. The van der Waals surface area contributed by atoms with E-state index in [9.17, 15) is 14.4 Å². The molecule has 2 aromatic carbocycles. The average Bonchev–Trinajstić information content (AvgIpc) is 2.82. The van der Waals surface area contributed by atoms with Gasteiger partial charge in [0.2, 0.25) is 5.91 Å². The number of para-hydroxylation sites is 1. The van der Waals surface area contributed by atoms with E-state index >= 15 is 0 Å². The summed E-state index contributed by atoms with van der Waals surface area (Å²) in [5.74, 6) is -0.259. The Balaban J connectivity index is 1.52. The van der Waals surface area contributed by atoms with Crippen LogP contribution in [0, 0.1) is 0 Å². The molecule has 0 saturated carbocycles. The van der Waals surface area contributed by atoms with Gasteiger partial charge in [0, 0.05) is 19.5 Å². The van der Waals surface area contributed by atoms with Crippen molar-refractivity contribution in [3.63, 3.8) is 0 Å². The lowest BCUT2D eigenvalue weighted by atomic mass is 10.1. The Morgan fingerprint density at radius 3 is 2.39 bits per heavy atom. The van der Waals surface area contributed by atoms with Crippen molar-refractivity contribution < 1.29 is 23.9 Å². The summed E-state index contributed by atoms with van der Waals surface area (Å²) >= 11 is 0. The summed E-state index contributed by atoms with van der Waals surface area (Å²) in [6, 6.07) is 14.2. The van der Waals surface area contributed by atoms with Crippen molar-refractivity contribution in [2.75, 3.05) is 32.1 Å². The number of esters is 1. The van der Waals surface area contributed by atoms with Gasteiger partial charge in [-0.3, -0.25) is 9.59 Å². The van der Waals surface area contributed by atoms with Gasteiger partial charge in [0.1, 0.15) is 5.75 Å². The first-order valence-electron chi connectivity index (χ1n) is 10.5. The third-order valence-corrected chi connectivity index (χ3v) is 5.26. The molecule has 0 spiro atoms. The van der Waals surface area contributed by atoms with Gasteiger partial charge in [0.15, 0.2) is 6.61 Å². The highest BCUT2D eigenvalue weighted by molar-refractivity contribution is 6.01. The van der Waals surface area contributed by atoms with E-state index in [4.69, 9.17) is 9.47 Å². The van der Waals surface area contributed by atoms with Crippen LogP contribution < -0.4 is 10.1 Å². The van der Waals surface area contributed by atoms with Crippen LogP contribution in [-0.4, -0.2) is 49.5 Å². The van der Waals surface area contributed by atoms with E-state index < -0.39 is 5.97 Å². The van der Waals surface area contributed by atoms with Crippen LogP contribution in [0.25, 0.3) is 0 Å². The summed E-state index contributed by atoms with van der Waals surface area (Å²) in [6.45, 7) is 1.12. The van der Waals surface area contributed by atoms with Crippen LogP contribution in [0.15, 0.2) is 48.5 Å². The number of hydrogen-bond acceptors (Lipinski definition) is 5. The van der Waals surface area contributed by atoms with Crippen molar-refractivity contribution >= 4 is 23.5 Å². The van der Waals surface area contributed by atoms with E-state index in [0.29, 0.717) is 25.2 Å². The number of rotatable bonds is 8. The fourth-order valence-corrected chi connectivity index (χ4v) is 3.47. The van der Waals surface area contributed by atoms with Gasteiger partial charge in [0.25, 0.3) is 5.91 Å². The lowest BCUT2D eigenvalue weighted by molar-refractivity contribution is -0.135. The number of benzene rings is 2. The van der Waals surface area contributed by atoms with Gasteiger partial charge >= 0.3 is 5.97 Å². The zero-order chi connectivity index (χ0) is 22.1. The zero-order valence-corrected chi connectivity index (χ0v) is 17.8. The van der Waals surface area contributed by atoms with Crippen LogP contribution in [-0.2, 0) is 20.7 Å². The lowest BCUT2D eigenvalue weighted by Gasteiger charge is -2.26. The number of carbonyl (C=O) groups excluding carboxylic acids is 3. The van der Waals surface area contributed by atoms with Gasteiger partial charge < -0.3 is 19.7 Å². The van der Waals surface area contributed by atoms with E-state index in [0.717, 1.165) is 30.6 Å². The molecule has 164 valence electrons. The average molecular weight is 424 g/mol. The molecule has 2 aromatic rings. The van der Waals surface area contributed by atoms with Crippen molar-refractivity contribution in [2.45, 2.75) is 32.1 Å². The van der Waals surface area contributed by atoms with Crippen molar-refractivity contribution in [3.8, 4) is 5.75 Å². The molecule has 1 aliphatic heterocycles. The van der Waals surface area contributed by atoms with Crippen molar-refractivity contribution in [1.29, 1.82) is 0 Å². The first kappa shape index (κ1) is 22.3. The number of anilines is 1. The highest BCUT2D eigenvalue weighted by Gasteiger charge is 2.20. The van der Waals surface area contributed by atoms with E-state index in [1.54, 1.807) is 36.3 Å². The number of piperidine rings is 1. The molecule has 1 N–H and O–H groups in total. The number of nitrogens with zero attached hydrogens (tertiary/aromatic N) is 1. The van der Waals surface area contributed by atoms with E-state index in [2.05, 4.69) is 5.32 Å². The Bertz CT molecular complexity index is 904. The Morgan fingerprint density at radius 1 is 0.968 bits per heavy atom. The SMILES string of the molecule is COc1ccc(CCC(=O)Nc2ccccc2C(=O)OCC(=O)N2CCCCC2)cc1. The highest BCUT2D eigenvalue weighted by atomic mass is 16.5. The fourth-order valence-electron chi connectivity index (χ4n) is 3.47. The summed E-state index contributed by atoms with van der Waals surface area (Å²) in [6.07, 6.45) is 3.90. The molecule has 7 nitrogen and oxygen atoms in total. The maximum atomic E-state index is 12.5. The number of ether oxygens (including phenoxy) is 2. The maximum absolute atomic E-state index is 12.5. The van der Waals surface area contributed by atoms with Gasteiger partial charge in [-0.25, -0.2) is 4.79 Å². The van der Waals surface area contributed by atoms with Crippen LogP contribution in [0.1, 0.15) is 41.6 Å². The van der Waals surface area contributed by atoms with Crippen LogP contribution >= 0.6 is 0 Å². The largest absolute Gasteiger partial charge is 0.497 e. The Hall–Kier alpha value is -3.35. The van der Waals surface area contributed by atoms with Gasteiger partial charge in [0.05, 0.1) is 18.4 Å². The molecule has 1 saturated heterocycles. The predicted octanol–water partition coefficient (Wildman–Crippen LogP) is 3.44. The molecule has 0 bridgehead atoms. The van der Waals surface area contributed by atoms with E-state index in [-0.39, 0.29) is 30.4 Å².